The number of H-pyrrole nitrogens is 1. The summed E-state index contributed by atoms with van der Waals surface area (Å²) in [4.78, 5) is 3.25. The van der Waals surface area contributed by atoms with E-state index < -0.39 is 0 Å². The van der Waals surface area contributed by atoms with Crippen LogP contribution in [0.2, 0.25) is 0 Å². The summed E-state index contributed by atoms with van der Waals surface area (Å²) in [6.45, 7) is 5.43. The standard InChI is InChI=1S/C14H20N2OS/c1-4-10(5-2)9-16-11-7-6-8-12(17-3)13(11)15-14(16)18/h6-8,10H,4-5,9H2,1-3H3,(H,15,18). The van der Waals surface area contributed by atoms with E-state index in [1.54, 1.807) is 7.11 Å². The number of para-hydroxylation sites is 1. The van der Waals surface area contributed by atoms with Crippen molar-refractivity contribution in [1.82, 2.24) is 9.55 Å². The van der Waals surface area contributed by atoms with E-state index in [1.807, 2.05) is 12.1 Å². The SMILES string of the molecule is CCC(CC)Cn1c(=S)[nH]c2c(OC)cccc21. The second-order valence-electron chi connectivity index (χ2n) is 4.58. The largest absolute Gasteiger partial charge is 0.494 e. The number of ether oxygens (including phenoxy) is 1. The highest BCUT2D eigenvalue weighted by molar-refractivity contribution is 7.71. The van der Waals surface area contributed by atoms with Crippen LogP contribution in [0, 0.1) is 10.7 Å². The molecule has 1 heterocycles. The van der Waals surface area contributed by atoms with E-state index in [1.165, 1.54) is 12.8 Å². The van der Waals surface area contributed by atoms with Crippen LogP contribution in [0.25, 0.3) is 11.0 Å². The molecule has 0 aliphatic rings. The summed E-state index contributed by atoms with van der Waals surface area (Å²) in [6.07, 6.45) is 2.35. The number of aromatic amines is 1. The molecule has 0 fully saturated rings. The first-order valence-corrected chi connectivity index (χ1v) is 6.87. The fourth-order valence-corrected chi connectivity index (χ4v) is 2.59. The summed E-state index contributed by atoms with van der Waals surface area (Å²) in [7, 11) is 1.68. The number of nitrogens with one attached hydrogen (secondary N) is 1. The van der Waals surface area contributed by atoms with Gasteiger partial charge in [-0.25, -0.2) is 0 Å². The number of nitrogens with zero attached hydrogens (tertiary/aromatic N) is 1. The molecule has 0 bridgehead atoms. The van der Waals surface area contributed by atoms with E-state index in [2.05, 4.69) is 29.5 Å². The lowest BCUT2D eigenvalue weighted by Gasteiger charge is -2.13. The van der Waals surface area contributed by atoms with Crippen molar-refractivity contribution in [3.8, 4) is 5.75 Å². The van der Waals surface area contributed by atoms with E-state index in [-0.39, 0.29) is 0 Å². The normalized spacial score (nSPS) is 11.3. The highest BCUT2D eigenvalue weighted by atomic mass is 32.1. The monoisotopic (exact) mass is 264 g/mol. The molecule has 1 aromatic carbocycles. The van der Waals surface area contributed by atoms with Crippen molar-refractivity contribution >= 4 is 23.3 Å². The van der Waals surface area contributed by atoms with Crippen LogP contribution in [0.4, 0.5) is 0 Å². The van der Waals surface area contributed by atoms with Gasteiger partial charge in [-0.1, -0.05) is 32.8 Å². The molecule has 2 rings (SSSR count). The van der Waals surface area contributed by atoms with Crippen molar-refractivity contribution in [3.63, 3.8) is 0 Å². The molecule has 1 N–H and O–H groups in total. The summed E-state index contributed by atoms with van der Waals surface area (Å²) in [5, 5.41) is 0. The van der Waals surface area contributed by atoms with E-state index >= 15 is 0 Å². The average molecular weight is 264 g/mol. The second-order valence-corrected chi connectivity index (χ2v) is 4.96. The molecular formula is C14H20N2OS. The minimum atomic E-state index is 0.668. The molecule has 0 spiro atoms. The third kappa shape index (κ3) is 2.29. The van der Waals surface area contributed by atoms with Gasteiger partial charge in [-0.3, -0.25) is 0 Å². The molecule has 2 aromatic rings. The number of hydrogen-bond acceptors (Lipinski definition) is 2. The van der Waals surface area contributed by atoms with Crippen molar-refractivity contribution < 1.29 is 4.74 Å². The van der Waals surface area contributed by atoms with Gasteiger partial charge in [-0.15, -0.1) is 0 Å². The fraction of sp³-hybridized carbons (Fsp3) is 0.500. The molecule has 98 valence electrons. The first-order chi connectivity index (χ1) is 8.71. The summed E-state index contributed by atoms with van der Waals surface area (Å²) >= 11 is 5.43. The smallest absolute Gasteiger partial charge is 0.178 e. The van der Waals surface area contributed by atoms with E-state index in [0.717, 1.165) is 28.1 Å². The number of aromatic nitrogens is 2. The van der Waals surface area contributed by atoms with Crippen molar-refractivity contribution in [2.24, 2.45) is 5.92 Å². The number of methoxy groups -OCH3 is 1. The number of imidazole rings is 1. The zero-order valence-corrected chi connectivity index (χ0v) is 12.0. The van der Waals surface area contributed by atoms with E-state index in [4.69, 9.17) is 17.0 Å². The average Bonchev–Trinajstić information content (AvgIpc) is 2.71. The molecule has 18 heavy (non-hydrogen) atoms. The Morgan fingerprint density at radius 2 is 2.06 bits per heavy atom. The molecule has 0 radical (unpaired) electrons. The van der Waals surface area contributed by atoms with Crippen molar-refractivity contribution in [1.29, 1.82) is 0 Å². The Morgan fingerprint density at radius 3 is 2.67 bits per heavy atom. The molecule has 0 aliphatic carbocycles. The van der Waals surface area contributed by atoms with Gasteiger partial charge in [-0.2, -0.15) is 0 Å². The molecule has 0 amide bonds. The van der Waals surface area contributed by atoms with Gasteiger partial charge in [0, 0.05) is 6.54 Å². The maximum atomic E-state index is 5.43. The van der Waals surface area contributed by atoms with Gasteiger partial charge in [-0.05, 0) is 30.3 Å². The Bertz CT molecular complexity index is 581. The number of rotatable bonds is 5. The van der Waals surface area contributed by atoms with Crippen LogP contribution < -0.4 is 4.74 Å². The van der Waals surface area contributed by atoms with Gasteiger partial charge in [0.15, 0.2) is 4.77 Å². The Morgan fingerprint density at radius 1 is 1.33 bits per heavy atom. The lowest BCUT2D eigenvalue weighted by molar-refractivity contribution is 0.418. The van der Waals surface area contributed by atoms with Crippen LogP contribution in [0.3, 0.4) is 0 Å². The van der Waals surface area contributed by atoms with Crippen molar-refractivity contribution in [2.75, 3.05) is 7.11 Å². The third-order valence-corrected chi connectivity index (χ3v) is 3.91. The molecule has 0 saturated heterocycles. The first-order valence-electron chi connectivity index (χ1n) is 6.46. The Kier molecular flexibility index (Phi) is 4.07. The molecule has 0 aliphatic heterocycles. The highest BCUT2D eigenvalue weighted by Gasteiger charge is 2.11. The zero-order valence-electron chi connectivity index (χ0n) is 11.2. The Balaban J connectivity index is 2.51. The molecule has 4 heteroatoms. The van der Waals surface area contributed by atoms with Crippen LogP contribution in [-0.2, 0) is 6.54 Å². The first kappa shape index (κ1) is 13.1. The predicted molar refractivity (Wildman–Crippen MR) is 77.7 cm³/mol. The Labute approximate surface area is 113 Å². The second kappa shape index (κ2) is 5.57. The van der Waals surface area contributed by atoms with Gasteiger partial charge in [0.25, 0.3) is 0 Å². The Hall–Kier alpha value is -1.29. The minimum absolute atomic E-state index is 0.668. The number of fused-ring (bicyclic) bond motifs is 1. The fourth-order valence-electron chi connectivity index (χ4n) is 2.31. The van der Waals surface area contributed by atoms with Gasteiger partial charge in [0.2, 0.25) is 0 Å². The van der Waals surface area contributed by atoms with E-state index in [9.17, 15) is 0 Å². The van der Waals surface area contributed by atoms with Crippen LogP contribution in [-0.4, -0.2) is 16.7 Å². The van der Waals surface area contributed by atoms with Crippen molar-refractivity contribution in [2.45, 2.75) is 33.2 Å². The van der Waals surface area contributed by atoms with Crippen LogP contribution in [0.1, 0.15) is 26.7 Å². The van der Waals surface area contributed by atoms with Crippen LogP contribution in [0.15, 0.2) is 18.2 Å². The minimum Gasteiger partial charge on any atom is -0.494 e. The van der Waals surface area contributed by atoms with Crippen LogP contribution in [0.5, 0.6) is 5.75 Å². The molecular weight excluding hydrogens is 244 g/mol. The number of benzene rings is 1. The maximum Gasteiger partial charge on any atom is 0.178 e. The van der Waals surface area contributed by atoms with Gasteiger partial charge < -0.3 is 14.3 Å². The predicted octanol–water partition coefficient (Wildman–Crippen LogP) is 4.14. The maximum absolute atomic E-state index is 5.43. The lowest BCUT2D eigenvalue weighted by Crippen LogP contribution is -2.09. The molecule has 3 nitrogen and oxygen atoms in total. The molecule has 0 saturated carbocycles. The summed E-state index contributed by atoms with van der Waals surface area (Å²) in [5.41, 5.74) is 2.13. The summed E-state index contributed by atoms with van der Waals surface area (Å²) < 4.78 is 8.33. The highest BCUT2D eigenvalue weighted by Crippen LogP contribution is 2.25. The topological polar surface area (TPSA) is 29.9 Å². The summed E-state index contributed by atoms with van der Waals surface area (Å²) in [5.74, 6) is 1.52. The quantitative estimate of drug-likeness (QED) is 0.822. The van der Waals surface area contributed by atoms with Crippen molar-refractivity contribution in [3.05, 3.63) is 23.0 Å². The molecule has 0 unspecified atom stereocenters. The van der Waals surface area contributed by atoms with Crippen LogP contribution >= 0.6 is 12.2 Å². The summed E-state index contributed by atoms with van der Waals surface area (Å²) in [6, 6.07) is 6.05. The van der Waals surface area contributed by atoms with Gasteiger partial charge in [0.1, 0.15) is 11.3 Å². The zero-order chi connectivity index (χ0) is 13.1. The van der Waals surface area contributed by atoms with Gasteiger partial charge >= 0.3 is 0 Å². The lowest BCUT2D eigenvalue weighted by atomic mass is 10.0. The molecule has 1 aromatic heterocycles. The van der Waals surface area contributed by atoms with E-state index in [0.29, 0.717) is 5.92 Å². The van der Waals surface area contributed by atoms with Gasteiger partial charge in [0.05, 0.1) is 12.6 Å². The third-order valence-electron chi connectivity index (χ3n) is 3.59. The number of hydrogen-bond donors (Lipinski definition) is 1. The molecule has 0 atom stereocenters.